The van der Waals surface area contributed by atoms with Crippen molar-refractivity contribution in [3.8, 4) is 5.88 Å². The number of azo groups is 1. The van der Waals surface area contributed by atoms with Crippen LogP contribution in [0.5, 0.6) is 5.88 Å². The van der Waals surface area contributed by atoms with Crippen molar-refractivity contribution in [2.75, 3.05) is 6.54 Å². The van der Waals surface area contributed by atoms with Crippen LogP contribution in [0.15, 0.2) is 58.8 Å². The number of benzene rings is 2. The smallest absolute Gasteiger partial charge is 0.221 e. The first kappa shape index (κ1) is 19.3. The quantitative estimate of drug-likeness (QED) is 0.312. The molecule has 0 fully saturated rings. The van der Waals surface area contributed by atoms with Gasteiger partial charge in [0.05, 0.1) is 12.1 Å². The predicted molar refractivity (Wildman–Crippen MR) is 114 cm³/mol. The van der Waals surface area contributed by atoms with E-state index in [2.05, 4.69) is 22.5 Å². The van der Waals surface area contributed by atoms with Crippen LogP contribution in [0.4, 0.5) is 5.69 Å². The molecular weight excluding hydrogens is 380 g/mol. The van der Waals surface area contributed by atoms with E-state index in [1.54, 1.807) is 4.57 Å². The monoisotopic (exact) mass is 400 g/mol. The largest absolute Gasteiger partial charge is 0.493 e. The van der Waals surface area contributed by atoms with E-state index in [-0.39, 0.29) is 5.88 Å². The van der Waals surface area contributed by atoms with E-state index < -0.39 is 0 Å². The van der Waals surface area contributed by atoms with Crippen molar-refractivity contribution in [2.24, 2.45) is 10.2 Å². The Bertz CT molecular complexity index is 983. The van der Waals surface area contributed by atoms with Gasteiger partial charge in [0.15, 0.2) is 5.69 Å². The number of aromatic nitrogens is 1. The summed E-state index contributed by atoms with van der Waals surface area (Å²) < 4.78 is 1.78. The molecule has 2 N–H and O–H groups in total. The molecule has 0 aliphatic rings. The first-order valence-electron chi connectivity index (χ1n) is 8.85. The van der Waals surface area contributed by atoms with Gasteiger partial charge in [-0.3, -0.25) is 0 Å². The molecule has 1 aromatic heterocycles. The number of halogens is 1. The fourth-order valence-corrected chi connectivity index (χ4v) is 3.17. The van der Waals surface area contributed by atoms with E-state index in [0.717, 1.165) is 35.9 Å². The molecule has 3 aromatic rings. The van der Waals surface area contributed by atoms with Gasteiger partial charge in [-0.2, -0.15) is 0 Å². The van der Waals surface area contributed by atoms with Crippen LogP contribution in [0.25, 0.3) is 10.9 Å². The van der Waals surface area contributed by atoms with Gasteiger partial charge in [-0.25, -0.2) is 0 Å². The highest BCUT2D eigenvalue weighted by atomic mass is 35.5. The second kappa shape index (κ2) is 8.97. The number of para-hydroxylation sites is 1. The SMILES string of the molecule is CCCCNC(=S)N=Nc1c(O)n(Cc2ccccc2Cl)c2ccccc12. The van der Waals surface area contributed by atoms with Gasteiger partial charge in [0.2, 0.25) is 11.0 Å². The predicted octanol–water partition coefficient (Wildman–Crippen LogP) is 5.81. The molecule has 2 aromatic carbocycles. The topological polar surface area (TPSA) is 61.9 Å². The number of aromatic hydroxyl groups is 1. The summed E-state index contributed by atoms with van der Waals surface area (Å²) in [7, 11) is 0. The molecule has 0 aliphatic carbocycles. The lowest BCUT2D eigenvalue weighted by molar-refractivity contribution is 0.429. The molecule has 0 radical (unpaired) electrons. The maximum atomic E-state index is 10.8. The van der Waals surface area contributed by atoms with Gasteiger partial charge in [0.1, 0.15) is 0 Å². The van der Waals surface area contributed by atoms with E-state index in [4.69, 9.17) is 23.8 Å². The number of fused-ring (bicyclic) bond motifs is 1. The van der Waals surface area contributed by atoms with E-state index in [9.17, 15) is 5.11 Å². The third-order valence-corrected chi connectivity index (χ3v) is 4.85. The fraction of sp³-hybridized carbons (Fsp3) is 0.250. The lowest BCUT2D eigenvalue weighted by Crippen LogP contribution is -2.19. The first-order valence-corrected chi connectivity index (χ1v) is 9.63. The van der Waals surface area contributed by atoms with E-state index in [0.29, 0.717) is 22.4 Å². The second-order valence-electron chi connectivity index (χ2n) is 6.15. The summed E-state index contributed by atoms with van der Waals surface area (Å²) in [6, 6.07) is 15.2. The van der Waals surface area contributed by atoms with Crippen molar-refractivity contribution < 1.29 is 5.11 Å². The number of unbranched alkanes of at least 4 members (excludes halogenated alkanes) is 1. The normalized spacial score (nSPS) is 11.3. The van der Waals surface area contributed by atoms with Gasteiger partial charge in [-0.1, -0.05) is 61.3 Å². The summed E-state index contributed by atoms with van der Waals surface area (Å²) >= 11 is 11.5. The zero-order valence-corrected chi connectivity index (χ0v) is 16.6. The molecule has 0 aliphatic heterocycles. The lowest BCUT2D eigenvalue weighted by Gasteiger charge is -2.08. The minimum Gasteiger partial charge on any atom is -0.493 e. The number of nitrogens with one attached hydrogen (secondary N) is 1. The fourth-order valence-electron chi connectivity index (χ4n) is 2.83. The van der Waals surface area contributed by atoms with E-state index in [1.165, 1.54) is 0 Å². The molecule has 0 saturated carbocycles. The standard InChI is InChI=1S/C20H21ClN4OS/c1-2-3-12-22-20(27)24-23-18-15-9-5-7-11-17(15)25(19(18)26)13-14-8-4-6-10-16(14)21/h4-11,26H,2-3,12-13H2,1H3,(H,22,27). The van der Waals surface area contributed by atoms with Crippen LogP contribution in [-0.2, 0) is 6.54 Å². The zero-order valence-electron chi connectivity index (χ0n) is 15.0. The van der Waals surface area contributed by atoms with Crippen molar-refractivity contribution in [1.29, 1.82) is 0 Å². The Hall–Kier alpha value is -2.44. The van der Waals surface area contributed by atoms with E-state index >= 15 is 0 Å². The second-order valence-corrected chi connectivity index (χ2v) is 6.95. The average molecular weight is 401 g/mol. The van der Waals surface area contributed by atoms with Crippen LogP contribution in [0, 0.1) is 0 Å². The molecule has 140 valence electrons. The molecule has 0 atom stereocenters. The number of hydrogen-bond donors (Lipinski definition) is 2. The van der Waals surface area contributed by atoms with Crippen molar-refractivity contribution in [1.82, 2.24) is 9.88 Å². The molecular formula is C20H21ClN4OS. The minimum atomic E-state index is 0.0382. The van der Waals surface area contributed by atoms with Crippen LogP contribution in [0.2, 0.25) is 5.02 Å². The summed E-state index contributed by atoms with van der Waals surface area (Å²) in [6.45, 7) is 3.30. The highest BCUT2D eigenvalue weighted by Gasteiger charge is 2.17. The third-order valence-electron chi connectivity index (χ3n) is 4.25. The summed E-state index contributed by atoms with van der Waals surface area (Å²) in [4.78, 5) is 0. The molecule has 3 rings (SSSR count). The number of hydrogen-bond acceptors (Lipinski definition) is 3. The molecule has 0 unspecified atom stereocenters. The van der Waals surface area contributed by atoms with Crippen LogP contribution >= 0.6 is 23.8 Å². The Morgan fingerprint density at radius 2 is 1.93 bits per heavy atom. The number of rotatable bonds is 6. The number of thiocarbonyl (C=S) groups is 1. The van der Waals surface area contributed by atoms with Crippen LogP contribution in [-0.4, -0.2) is 21.3 Å². The summed E-state index contributed by atoms with van der Waals surface area (Å²) in [6.07, 6.45) is 2.08. The Labute approximate surface area is 168 Å². The van der Waals surface area contributed by atoms with Gasteiger partial charge in [-0.15, -0.1) is 10.2 Å². The molecule has 0 bridgehead atoms. The summed E-state index contributed by atoms with van der Waals surface area (Å²) in [5, 5.41) is 23.9. The van der Waals surface area contributed by atoms with Crippen molar-refractivity contribution in [2.45, 2.75) is 26.3 Å². The molecule has 1 heterocycles. The molecule has 27 heavy (non-hydrogen) atoms. The van der Waals surface area contributed by atoms with Crippen LogP contribution in [0.1, 0.15) is 25.3 Å². The molecule has 0 saturated heterocycles. The van der Waals surface area contributed by atoms with Crippen molar-refractivity contribution in [3.05, 3.63) is 59.1 Å². The van der Waals surface area contributed by atoms with Crippen molar-refractivity contribution in [3.63, 3.8) is 0 Å². The number of nitrogens with zero attached hydrogens (tertiary/aromatic N) is 3. The molecule has 0 amide bonds. The third kappa shape index (κ3) is 4.46. The van der Waals surface area contributed by atoms with Gasteiger partial charge < -0.3 is 15.0 Å². The zero-order chi connectivity index (χ0) is 19.2. The average Bonchev–Trinajstić information content (AvgIpc) is 2.93. The van der Waals surface area contributed by atoms with Crippen LogP contribution < -0.4 is 5.32 Å². The van der Waals surface area contributed by atoms with Crippen LogP contribution in [0.3, 0.4) is 0 Å². The Kier molecular flexibility index (Phi) is 6.42. The lowest BCUT2D eigenvalue weighted by atomic mass is 10.2. The van der Waals surface area contributed by atoms with Gasteiger partial charge >= 0.3 is 0 Å². The highest BCUT2D eigenvalue weighted by Crippen LogP contribution is 2.39. The van der Waals surface area contributed by atoms with Gasteiger partial charge in [0.25, 0.3) is 0 Å². The van der Waals surface area contributed by atoms with E-state index in [1.807, 2.05) is 48.5 Å². The van der Waals surface area contributed by atoms with Gasteiger partial charge in [0, 0.05) is 17.0 Å². The Morgan fingerprint density at radius 3 is 2.70 bits per heavy atom. The Morgan fingerprint density at radius 1 is 1.19 bits per heavy atom. The molecule has 0 spiro atoms. The van der Waals surface area contributed by atoms with Gasteiger partial charge in [-0.05, 0) is 36.3 Å². The first-order chi connectivity index (χ1) is 13.1. The molecule has 5 nitrogen and oxygen atoms in total. The van der Waals surface area contributed by atoms with Crippen molar-refractivity contribution >= 4 is 45.5 Å². The summed E-state index contributed by atoms with van der Waals surface area (Å²) in [5.41, 5.74) is 2.17. The maximum Gasteiger partial charge on any atom is 0.221 e. The molecule has 7 heteroatoms. The Balaban J connectivity index is 1.94. The maximum absolute atomic E-state index is 10.8. The summed E-state index contributed by atoms with van der Waals surface area (Å²) in [5.74, 6) is 0.0382. The minimum absolute atomic E-state index is 0.0382. The highest BCUT2D eigenvalue weighted by molar-refractivity contribution is 7.80.